The molecule has 48 valence electrons. The average Bonchev–Trinajstić information content (AvgIpc) is 1.77. The van der Waals surface area contributed by atoms with Crippen LogP contribution in [0.25, 0.3) is 0 Å². The molecule has 0 bridgehead atoms. The molecule has 0 aliphatic carbocycles. The van der Waals surface area contributed by atoms with Gasteiger partial charge >= 0.3 is 0 Å². The van der Waals surface area contributed by atoms with Crippen molar-refractivity contribution in [1.29, 1.82) is 0 Å². The second-order valence-electron chi connectivity index (χ2n) is 1.75. The van der Waals surface area contributed by atoms with Crippen LogP contribution in [0.5, 0.6) is 0 Å². The lowest BCUT2D eigenvalue weighted by Crippen LogP contribution is -2.21. The van der Waals surface area contributed by atoms with E-state index in [9.17, 15) is 0 Å². The van der Waals surface area contributed by atoms with Gasteiger partial charge in [-0.1, -0.05) is 0 Å². The first-order valence-corrected chi connectivity index (χ1v) is 5.35. The van der Waals surface area contributed by atoms with E-state index in [0.29, 0.717) is 5.75 Å². The highest BCUT2D eigenvalue weighted by molar-refractivity contribution is 8.72. The molecule has 1 heterocycles. The second kappa shape index (κ2) is 2.96. The van der Waals surface area contributed by atoms with Gasteiger partial charge in [0.2, 0.25) is 10.2 Å². The van der Waals surface area contributed by atoms with E-state index in [0.717, 1.165) is 12.2 Å². The number of hydrogen-bond acceptors (Lipinski definition) is 3. The summed E-state index contributed by atoms with van der Waals surface area (Å²) in [4.78, 5) is 0. The first-order valence-electron chi connectivity index (χ1n) is 2.50. The van der Waals surface area contributed by atoms with Crippen molar-refractivity contribution in [2.45, 2.75) is 12.5 Å². The molecule has 8 heavy (non-hydrogen) atoms. The molecule has 0 radical (unpaired) electrons. The van der Waals surface area contributed by atoms with Gasteiger partial charge in [-0.3, -0.25) is 0 Å². The van der Waals surface area contributed by atoms with Crippen LogP contribution in [0.2, 0.25) is 0 Å². The highest BCUT2D eigenvalue weighted by atomic mass is 33.1. The van der Waals surface area contributed by atoms with Gasteiger partial charge in [-0.15, -0.1) is 0 Å². The van der Waals surface area contributed by atoms with E-state index < -0.39 is 10.2 Å². The molecule has 4 heteroatoms. The van der Waals surface area contributed by atoms with Crippen molar-refractivity contribution in [3.8, 4) is 0 Å². The van der Waals surface area contributed by atoms with Crippen LogP contribution in [-0.2, 0) is 10.2 Å². The lowest BCUT2D eigenvalue weighted by Gasteiger charge is -2.10. The van der Waals surface area contributed by atoms with E-state index in [1.807, 2.05) is 0 Å². The topological polar surface area (TPSA) is 40.5 Å². The summed E-state index contributed by atoms with van der Waals surface area (Å²) in [6.07, 6.45) is 0.600. The maximum Gasteiger partial charge on any atom is 0.214 e. The summed E-state index contributed by atoms with van der Waals surface area (Å²) in [6, 6.07) is 0. The smallest absolute Gasteiger partial charge is 0.214 e. The van der Waals surface area contributed by atoms with E-state index in [2.05, 4.69) is 0 Å². The minimum atomic E-state index is -0.454. The number of aliphatic hydroxyl groups is 1. The van der Waals surface area contributed by atoms with Crippen LogP contribution in [0.3, 0.4) is 0 Å². The molecule has 0 aromatic rings. The van der Waals surface area contributed by atoms with Gasteiger partial charge in [0.15, 0.2) is 5.75 Å². The zero-order valence-electron chi connectivity index (χ0n) is 4.41. The summed E-state index contributed by atoms with van der Waals surface area (Å²) in [7, 11) is 1.01. The third-order valence-corrected chi connectivity index (χ3v) is 4.12. The molecule has 0 spiro atoms. The van der Waals surface area contributed by atoms with Gasteiger partial charge in [0.05, 0.1) is 11.9 Å². The summed E-state index contributed by atoms with van der Waals surface area (Å²) in [6.45, 7) is 0. The first-order chi connectivity index (χ1) is 3.79. The molecule has 1 saturated heterocycles. The quantitative estimate of drug-likeness (QED) is 0.393. The van der Waals surface area contributed by atoms with Gasteiger partial charge in [0.25, 0.3) is 0 Å². The molecular weight excluding hydrogens is 144 g/mol. The van der Waals surface area contributed by atoms with Crippen molar-refractivity contribution < 1.29 is 9.66 Å². The average molecular weight is 153 g/mol. The van der Waals surface area contributed by atoms with Gasteiger partial charge in [-0.2, -0.15) is 4.55 Å². The van der Waals surface area contributed by atoms with Crippen molar-refractivity contribution >= 4 is 21.0 Å². The van der Waals surface area contributed by atoms with Crippen LogP contribution >= 0.6 is 10.8 Å². The zero-order valence-corrected chi connectivity index (χ0v) is 6.04. The van der Waals surface area contributed by atoms with E-state index in [-0.39, 0.29) is 6.10 Å². The monoisotopic (exact) mass is 153 g/mol. The predicted molar refractivity (Wildman–Crippen MR) is 37.9 cm³/mol. The first kappa shape index (κ1) is 6.74. The molecule has 2 nitrogen and oxygen atoms in total. The lowest BCUT2D eigenvalue weighted by atomic mass is 10.3. The van der Waals surface area contributed by atoms with Gasteiger partial charge in [-0.05, 0) is 0 Å². The normalized spacial score (nSPS) is 39.8. The maximum atomic E-state index is 8.91. The Morgan fingerprint density at radius 2 is 2.38 bits per heavy atom. The summed E-state index contributed by atoms with van der Waals surface area (Å²) in [5.41, 5.74) is 0. The number of aliphatic hydroxyl groups excluding tert-OH is 1. The molecule has 1 rings (SSSR count). The molecule has 2 unspecified atom stereocenters. The fourth-order valence-corrected chi connectivity index (χ4v) is 3.19. The van der Waals surface area contributed by atoms with Crippen LogP contribution in [0.15, 0.2) is 0 Å². The Labute approximate surface area is 55.2 Å². The summed E-state index contributed by atoms with van der Waals surface area (Å²) >= 11 is 0. The molecule has 1 aliphatic rings. The van der Waals surface area contributed by atoms with Crippen molar-refractivity contribution in [3.05, 3.63) is 0 Å². The van der Waals surface area contributed by atoms with Crippen molar-refractivity contribution in [1.82, 2.24) is 0 Å². The van der Waals surface area contributed by atoms with E-state index in [4.69, 9.17) is 9.66 Å². The van der Waals surface area contributed by atoms with Crippen LogP contribution < -0.4 is 0 Å². The van der Waals surface area contributed by atoms with E-state index >= 15 is 0 Å². The van der Waals surface area contributed by atoms with Crippen LogP contribution in [0.1, 0.15) is 6.42 Å². The Kier molecular flexibility index (Phi) is 2.49. The highest BCUT2D eigenvalue weighted by Crippen LogP contribution is 2.22. The summed E-state index contributed by atoms with van der Waals surface area (Å²) < 4.78 is 8.91. The van der Waals surface area contributed by atoms with Crippen LogP contribution in [0, 0.1) is 0 Å². The van der Waals surface area contributed by atoms with Gasteiger partial charge in [-0.25, -0.2) is 0 Å². The fourth-order valence-electron chi connectivity index (χ4n) is 0.536. The largest absolute Gasteiger partial charge is 0.392 e. The molecule has 2 atom stereocenters. The molecule has 1 fully saturated rings. The fraction of sp³-hybridized carbons (Fsp3) is 1.00. The SMILES string of the molecule is OC1CC[S+](O)SC1. The summed E-state index contributed by atoms with van der Waals surface area (Å²) in [5.74, 6) is 1.48. The lowest BCUT2D eigenvalue weighted by molar-refractivity contribution is 0.195. The van der Waals surface area contributed by atoms with Crippen LogP contribution in [0.4, 0.5) is 0 Å². The second-order valence-corrected chi connectivity index (χ2v) is 5.23. The third-order valence-electron chi connectivity index (χ3n) is 1.02. The highest BCUT2D eigenvalue weighted by Gasteiger charge is 2.27. The minimum absolute atomic E-state index is 0.170. The zero-order chi connectivity index (χ0) is 5.98. The van der Waals surface area contributed by atoms with Crippen molar-refractivity contribution in [2.75, 3.05) is 11.5 Å². The summed E-state index contributed by atoms with van der Waals surface area (Å²) in [5, 5.41) is 8.90. The Morgan fingerprint density at radius 1 is 1.62 bits per heavy atom. The molecule has 0 aromatic heterocycles. The molecular formula is C4H9O2S2+. The van der Waals surface area contributed by atoms with Crippen LogP contribution in [-0.4, -0.2) is 27.3 Å². The van der Waals surface area contributed by atoms with E-state index in [1.165, 1.54) is 10.8 Å². The van der Waals surface area contributed by atoms with Gasteiger partial charge in [0, 0.05) is 6.42 Å². The third kappa shape index (κ3) is 1.85. The Morgan fingerprint density at radius 3 is 2.75 bits per heavy atom. The maximum absolute atomic E-state index is 8.91. The molecule has 0 saturated carbocycles. The molecule has 0 amide bonds. The minimum Gasteiger partial charge on any atom is -0.392 e. The Balaban J connectivity index is 2.19. The van der Waals surface area contributed by atoms with Gasteiger partial charge < -0.3 is 5.11 Å². The van der Waals surface area contributed by atoms with Crippen molar-refractivity contribution in [2.24, 2.45) is 0 Å². The molecule has 1 aliphatic heterocycles. The predicted octanol–water partition coefficient (Wildman–Crippen LogP) is 0.491. The van der Waals surface area contributed by atoms with E-state index in [1.54, 1.807) is 0 Å². The Bertz CT molecular complexity index is 60.4. The van der Waals surface area contributed by atoms with Crippen molar-refractivity contribution in [3.63, 3.8) is 0 Å². The standard InChI is InChI=1S/C4H9O2S2/c5-4-1-2-8(6)7-3-4/h4-6H,1-3H2/q+1. The number of hydrogen-bond donors (Lipinski definition) is 2. The Hall–Kier alpha value is 0.620. The number of rotatable bonds is 0. The molecule has 2 N–H and O–H groups in total. The van der Waals surface area contributed by atoms with Gasteiger partial charge in [0.1, 0.15) is 10.8 Å². The molecule has 0 aromatic carbocycles.